The van der Waals surface area contributed by atoms with Crippen LogP contribution >= 0.6 is 39.1 Å². The van der Waals surface area contributed by atoms with Gasteiger partial charge in [-0.1, -0.05) is 51.3 Å². The van der Waals surface area contributed by atoms with E-state index in [1.165, 1.54) is 0 Å². The molecule has 0 bridgehead atoms. The van der Waals surface area contributed by atoms with Crippen LogP contribution in [0.3, 0.4) is 0 Å². The highest BCUT2D eigenvalue weighted by atomic mass is 79.9. The molecule has 94 valence electrons. The molecule has 2 aromatic rings. The molecule has 0 radical (unpaired) electrons. The molecular formula is C14H11BrCl2O. The zero-order chi connectivity index (χ0) is 13.1. The zero-order valence-electron chi connectivity index (χ0n) is 9.41. The molecule has 1 atom stereocenters. The van der Waals surface area contributed by atoms with Gasteiger partial charge in [0.25, 0.3) is 0 Å². The Kier molecular flexibility index (Phi) is 4.68. The van der Waals surface area contributed by atoms with Crippen LogP contribution in [0.2, 0.25) is 10.0 Å². The van der Waals surface area contributed by atoms with Crippen LogP contribution in [0.5, 0.6) is 0 Å². The lowest BCUT2D eigenvalue weighted by molar-refractivity contribution is 0.178. The molecule has 0 aliphatic rings. The first kappa shape index (κ1) is 13.9. The fraction of sp³-hybridized carbons (Fsp3) is 0.143. The summed E-state index contributed by atoms with van der Waals surface area (Å²) in [6.45, 7) is 0. The van der Waals surface area contributed by atoms with Crippen LogP contribution in [0, 0.1) is 0 Å². The minimum atomic E-state index is -0.599. The van der Waals surface area contributed by atoms with E-state index in [-0.39, 0.29) is 0 Å². The average molecular weight is 346 g/mol. The molecular weight excluding hydrogens is 335 g/mol. The van der Waals surface area contributed by atoms with Crippen LogP contribution in [-0.2, 0) is 6.42 Å². The Morgan fingerprint density at radius 3 is 2.50 bits per heavy atom. The molecule has 0 heterocycles. The topological polar surface area (TPSA) is 20.2 Å². The number of benzene rings is 2. The molecule has 0 aromatic heterocycles. The number of hydrogen-bond donors (Lipinski definition) is 1. The van der Waals surface area contributed by atoms with Gasteiger partial charge in [-0.25, -0.2) is 0 Å². The summed E-state index contributed by atoms with van der Waals surface area (Å²) in [4.78, 5) is 0. The molecule has 0 amide bonds. The second-order valence-corrected chi connectivity index (χ2v) is 5.84. The van der Waals surface area contributed by atoms with Crippen LogP contribution in [-0.4, -0.2) is 5.11 Å². The Morgan fingerprint density at radius 1 is 1.06 bits per heavy atom. The van der Waals surface area contributed by atoms with E-state index in [9.17, 15) is 5.11 Å². The second-order valence-electron chi connectivity index (χ2n) is 4.05. The summed E-state index contributed by atoms with van der Waals surface area (Å²) in [5.41, 5.74) is 1.78. The monoisotopic (exact) mass is 344 g/mol. The van der Waals surface area contributed by atoms with Crippen LogP contribution in [0.4, 0.5) is 0 Å². The first-order chi connectivity index (χ1) is 8.54. The molecule has 18 heavy (non-hydrogen) atoms. The van der Waals surface area contributed by atoms with Gasteiger partial charge in [-0.15, -0.1) is 0 Å². The molecule has 0 fully saturated rings. The third kappa shape index (κ3) is 3.72. The fourth-order valence-electron chi connectivity index (χ4n) is 1.77. The maximum Gasteiger partial charge on any atom is 0.0831 e. The molecule has 1 N–H and O–H groups in total. The van der Waals surface area contributed by atoms with Crippen molar-refractivity contribution in [1.29, 1.82) is 0 Å². The highest BCUT2D eigenvalue weighted by Gasteiger charge is 2.10. The standard InChI is InChI=1S/C14H11BrCl2O/c15-11-6-10(7-13(17)8-11)14(18)5-9-2-1-3-12(16)4-9/h1-4,6-8,14,18H,5H2. The van der Waals surface area contributed by atoms with Gasteiger partial charge >= 0.3 is 0 Å². The molecule has 0 aliphatic heterocycles. The smallest absolute Gasteiger partial charge is 0.0831 e. The van der Waals surface area contributed by atoms with E-state index in [1.54, 1.807) is 12.1 Å². The van der Waals surface area contributed by atoms with E-state index in [0.29, 0.717) is 16.5 Å². The molecule has 0 saturated carbocycles. The Labute approximate surface area is 124 Å². The van der Waals surface area contributed by atoms with E-state index >= 15 is 0 Å². The summed E-state index contributed by atoms with van der Waals surface area (Å²) in [6.07, 6.45) is -0.0914. The maximum absolute atomic E-state index is 10.2. The summed E-state index contributed by atoms with van der Waals surface area (Å²) >= 11 is 15.2. The van der Waals surface area contributed by atoms with Gasteiger partial charge in [-0.05, 0) is 41.5 Å². The van der Waals surface area contributed by atoms with Crippen molar-refractivity contribution in [3.8, 4) is 0 Å². The van der Waals surface area contributed by atoms with E-state index < -0.39 is 6.10 Å². The molecule has 0 spiro atoms. The molecule has 4 heteroatoms. The first-order valence-electron chi connectivity index (χ1n) is 5.43. The number of aliphatic hydroxyl groups is 1. The largest absolute Gasteiger partial charge is 0.388 e. The van der Waals surface area contributed by atoms with Gasteiger partial charge in [0.15, 0.2) is 0 Å². The van der Waals surface area contributed by atoms with Crippen molar-refractivity contribution in [1.82, 2.24) is 0 Å². The lowest BCUT2D eigenvalue weighted by Gasteiger charge is -2.12. The summed E-state index contributed by atoms with van der Waals surface area (Å²) in [5.74, 6) is 0. The highest BCUT2D eigenvalue weighted by molar-refractivity contribution is 9.10. The van der Waals surface area contributed by atoms with Crippen molar-refractivity contribution in [3.63, 3.8) is 0 Å². The zero-order valence-corrected chi connectivity index (χ0v) is 12.5. The van der Waals surface area contributed by atoms with E-state index in [0.717, 1.165) is 15.6 Å². The third-order valence-electron chi connectivity index (χ3n) is 2.59. The number of rotatable bonds is 3. The van der Waals surface area contributed by atoms with Crippen molar-refractivity contribution >= 4 is 39.1 Å². The van der Waals surface area contributed by atoms with Gasteiger partial charge < -0.3 is 5.11 Å². The van der Waals surface area contributed by atoms with Gasteiger partial charge in [0.05, 0.1) is 6.10 Å². The maximum atomic E-state index is 10.2. The Hall–Kier alpha value is -0.540. The summed E-state index contributed by atoms with van der Waals surface area (Å²) in [7, 11) is 0. The number of aliphatic hydroxyl groups excluding tert-OH is 1. The molecule has 0 aliphatic carbocycles. The minimum Gasteiger partial charge on any atom is -0.388 e. The fourth-order valence-corrected chi connectivity index (χ4v) is 2.87. The van der Waals surface area contributed by atoms with E-state index in [4.69, 9.17) is 23.2 Å². The number of halogens is 3. The SMILES string of the molecule is OC(Cc1cccc(Cl)c1)c1cc(Cl)cc(Br)c1. The average Bonchev–Trinajstić information content (AvgIpc) is 2.27. The molecule has 0 saturated heterocycles. The molecule has 1 nitrogen and oxygen atoms in total. The lowest BCUT2D eigenvalue weighted by Crippen LogP contribution is -2.01. The summed E-state index contributed by atoms with van der Waals surface area (Å²) < 4.78 is 0.857. The third-order valence-corrected chi connectivity index (χ3v) is 3.50. The van der Waals surface area contributed by atoms with Crippen molar-refractivity contribution < 1.29 is 5.11 Å². The van der Waals surface area contributed by atoms with Gasteiger partial charge in [-0.3, -0.25) is 0 Å². The van der Waals surface area contributed by atoms with Crippen LogP contribution in [0.15, 0.2) is 46.9 Å². The van der Waals surface area contributed by atoms with Crippen LogP contribution in [0.1, 0.15) is 17.2 Å². The Morgan fingerprint density at radius 2 is 1.83 bits per heavy atom. The molecule has 2 aromatic carbocycles. The van der Waals surface area contributed by atoms with Crippen molar-refractivity contribution in [2.24, 2.45) is 0 Å². The quantitative estimate of drug-likeness (QED) is 0.826. The molecule has 2 rings (SSSR count). The van der Waals surface area contributed by atoms with Gasteiger partial charge in [0.2, 0.25) is 0 Å². The normalized spacial score (nSPS) is 12.4. The minimum absolute atomic E-state index is 0.507. The Balaban J connectivity index is 2.19. The highest BCUT2D eigenvalue weighted by Crippen LogP contribution is 2.26. The van der Waals surface area contributed by atoms with Crippen molar-refractivity contribution in [2.45, 2.75) is 12.5 Å². The predicted octanol–water partition coefficient (Wildman–Crippen LogP) is 5.03. The summed E-state index contributed by atoms with van der Waals surface area (Å²) in [5, 5.41) is 11.5. The van der Waals surface area contributed by atoms with Crippen LogP contribution < -0.4 is 0 Å². The van der Waals surface area contributed by atoms with E-state index in [1.807, 2.05) is 30.3 Å². The predicted molar refractivity (Wildman–Crippen MR) is 79.3 cm³/mol. The second kappa shape index (κ2) is 6.07. The Bertz CT molecular complexity index is 537. The van der Waals surface area contributed by atoms with Crippen LogP contribution in [0.25, 0.3) is 0 Å². The lowest BCUT2D eigenvalue weighted by atomic mass is 10.0. The van der Waals surface area contributed by atoms with E-state index in [2.05, 4.69) is 15.9 Å². The van der Waals surface area contributed by atoms with Crippen molar-refractivity contribution in [2.75, 3.05) is 0 Å². The summed E-state index contributed by atoms with van der Waals surface area (Å²) in [6, 6.07) is 12.9. The molecule has 1 unspecified atom stereocenters. The first-order valence-corrected chi connectivity index (χ1v) is 6.98. The number of hydrogen-bond acceptors (Lipinski definition) is 1. The van der Waals surface area contributed by atoms with Gasteiger partial charge in [0.1, 0.15) is 0 Å². The van der Waals surface area contributed by atoms with Gasteiger partial charge in [-0.2, -0.15) is 0 Å². The van der Waals surface area contributed by atoms with Crippen molar-refractivity contribution in [3.05, 3.63) is 68.1 Å². The van der Waals surface area contributed by atoms with Gasteiger partial charge in [0, 0.05) is 20.9 Å².